The Hall–Kier alpha value is -2.37. The average molecular weight is 519 g/mol. The lowest BCUT2D eigenvalue weighted by Gasteiger charge is -2.28. The zero-order valence-corrected chi connectivity index (χ0v) is 20.5. The number of carbonyl (C=O) groups excluding carboxylic acids is 1. The second kappa shape index (κ2) is 9.11. The van der Waals surface area contributed by atoms with E-state index in [-0.39, 0.29) is 16.7 Å². The summed E-state index contributed by atoms with van der Waals surface area (Å²) in [6, 6.07) is 11.5. The van der Waals surface area contributed by atoms with Crippen molar-refractivity contribution in [1.82, 2.24) is 14.3 Å². The Morgan fingerprint density at radius 1 is 1.21 bits per heavy atom. The van der Waals surface area contributed by atoms with Crippen LogP contribution in [0.4, 0.5) is 5.13 Å². The van der Waals surface area contributed by atoms with E-state index >= 15 is 0 Å². The molecule has 0 saturated carbocycles. The number of hydrogen-bond acceptors (Lipinski definition) is 7. The van der Waals surface area contributed by atoms with Gasteiger partial charge in [0.25, 0.3) is 10.0 Å². The largest absolute Gasteiger partial charge is 0.282 e. The Bertz CT molecular complexity index is 1390. The molecule has 7 nitrogen and oxygen atoms in total. The predicted molar refractivity (Wildman–Crippen MR) is 131 cm³/mol. The molecule has 1 aromatic carbocycles. The molecule has 4 heterocycles. The molecule has 1 saturated heterocycles. The predicted octanol–water partition coefficient (Wildman–Crippen LogP) is 4.79. The third kappa shape index (κ3) is 4.41. The zero-order valence-electron chi connectivity index (χ0n) is 17.3. The van der Waals surface area contributed by atoms with Gasteiger partial charge in [-0.25, -0.2) is 13.4 Å². The average Bonchev–Trinajstić information content (AvgIpc) is 3.58. The highest BCUT2D eigenvalue weighted by Gasteiger charge is 2.42. The van der Waals surface area contributed by atoms with Crippen molar-refractivity contribution in [1.29, 1.82) is 0 Å². The van der Waals surface area contributed by atoms with Crippen LogP contribution in [0.3, 0.4) is 0 Å². The minimum Gasteiger partial charge on any atom is -0.282 e. The van der Waals surface area contributed by atoms with Gasteiger partial charge in [-0.05, 0) is 60.2 Å². The highest BCUT2D eigenvalue weighted by molar-refractivity contribution is 7.91. The number of nitrogens with zero attached hydrogens (tertiary/aromatic N) is 4. The first-order valence-electron chi connectivity index (χ1n) is 10.3. The molecule has 0 radical (unpaired) electrons. The fourth-order valence-electron chi connectivity index (χ4n) is 3.89. The van der Waals surface area contributed by atoms with Crippen LogP contribution in [0.2, 0.25) is 5.02 Å². The first-order chi connectivity index (χ1) is 15.9. The summed E-state index contributed by atoms with van der Waals surface area (Å²) in [7, 11) is -3.75. The molecule has 1 amide bonds. The van der Waals surface area contributed by atoms with Crippen LogP contribution in [0.5, 0.6) is 0 Å². The van der Waals surface area contributed by atoms with Crippen LogP contribution in [0, 0.1) is 0 Å². The second-order valence-electron chi connectivity index (χ2n) is 7.59. The molecule has 1 fully saturated rings. The van der Waals surface area contributed by atoms with Crippen LogP contribution >= 0.6 is 34.3 Å². The Kier molecular flexibility index (Phi) is 6.19. The molecule has 1 aliphatic rings. The normalized spacial score (nSPS) is 16.9. The van der Waals surface area contributed by atoms with Crippen LogP contribution in [0.15, 0.2) is 64.4 Å². The molecule has 0 bridgehead atoms. The van der Waals surface area contributed by atoms with Crippen LogP contribution in [-0.4, -0.2) is 41.2 Å². The van der Waals surface area contributed by atoms with Crippen molar-refractivity contribution >= 4 is 65.6 Å². The van der Waals surface area contributed by atoms with E-state index < -0.39 is 16.1 Å². The molecule has 4 aromatic rings. The SMILES string of the molecule is O=C(C1CCCN1S(=O)(=O)c1cccs1)N(Cc1ccncc1)c1nc2ccc(Cl)cc2s1. The molecular formula is C22H19ClN4O3S3. The third-order valence-corrected chi connectivity index (χ3v) is 10.0. The van der Waals surface area contributed by atoms with E-state index in [9.17, 15) is 13.2 Å². The molecule has 1 unspecified atom stereocenters. The van der Waals surface area contributed by atoms with Gasteiger partial charge in [-0.3, -0.25) is 14.7 Å². The summed E-state index contributed by atoms with van der Waals surface area (Å²) in [4.78, 5) is 24.2. The molecule has 5 rings (SSSR count). The lowest BCUT2D eigenvalue weighted by Crippen LogP contribution is -2.47. The summed E-state index contributed by atoms with van der Waals surface area (Å²) in [5.41, 5.74) is 1.61. The maximum Gasteiger partial charge on any atom is 0.253 e. The maximum absolute atomic E-state index is 13.9. The van der Waals surface area contributed by atoms with Crippen molar-refractivity contribution in [3.05, 3.63) is 70.8 Å². The molecular weight excluding hydrogens is 500 g/mol. The number of benzene rings is 1. The van der Waals surface area contributed by atoms with Crippen molar-refractivity contribution in [2.75, 3.05) is 11.4 Å². The van der Waals surface area contributed by atoms with Crippen LogP contribution in [0.25, 0.3) is 10.2 Å². The Morgan fingerprint density at radius 3 is 2.79 bits per heavy atom. The quantitative estimate of drug-likeness (QED) is 0.366. The molecule has 0 spiro atoms. The lowest BCUT2D eigenvalue weighted by molar-refractivity contribution is -0.121. The van der Waals surface area contributed by atoms with Crippen molar-refractivity contribution < 1.29 is 13.2 Å². The Labute approximate surface area is 204 Å². The third-order valence-electron chi connectivity index (χ3n) is 5.47. The molecule has 1 aliphatic heterocycles. The monoisotopic (exact) mass is 518 g/mol. The van der Waals surface area contributed by atoms with Crippen molar-refractivity contribution in [3.63, 3.8) is 0 Å². The van der Waals surface area contributed by atoms with E-state index in [1.165, 1.54) is 15.6 Å². The molecule has 170 valence electrons. The minimum atomic E-state index is -3.75. The molecule has 33 heavy (non-hydrogen) atoms. The summed E-state index contributed by atoms with van der Waals surface area (Å²) in [6.07, 6.45) is 4.42. The highest BCUT2D eigenvalue weighted by Crippen LogP contribution is 2.35. The van der Waals surface area contributed by atoms with Crippen LogP contribution < -0.4 is 4.90 Å². The van der Waals surface area contributed by atoms with E-state index in [1.54, 1.807) is 40.9 Å². The molecule has 0 aliphatic carbocycles. The smallest absolute Gasteiger partial charge is 0.253 e. The van der Waals surface area contributed by atoms with Gasteiger partial charge in [0.2, 0.25) is 5.91 Å². The highest BCUT2D eigenvalue weighted by atomic mass is 35.5. The van der Waals surface area contributed by atoms with Crippen molar-refractivity contribution in [2.24, 2.45) is 0 Å². The summed E-state index contributed by atoms with van der Waals surface area (Å²) >= 11 is 8.66. The van der Waals surface area contributed by atoms with E-state index in [1.807, 2.05) is 24.3 Å². The summed E-state index contributed by atoms with van der Waals surface area (Å²) < 4.78 is 28.9. The van der Waals surface area contributed by atoms with Gasteiger partial charge in [0.05, 0.1) is 16.8 Å². The number of thiazole rings is 1. The van der Waals surface area contributed by atoms with Gasteiger partial charge in [0.1, 0.15) is 10.3 Å². The molecule has 0 N–H and O–H groups in total. The number of thiophene rings is 1. The number of fused-ring (bicyclic) bond motifs is 1. The lowest BCUT2D eigenvalue weighted by atomic mass is 10.2. The number of sulfonamides is 1. The summed E-state index contributed by atoms with van der Waals surface area (Å²) in [5.74, 6) is -0.283. The van der Waals surface area contributed by atoms with E-state index in [4.69, 9.17) is 11.6 Å². The van der Waals surface area contributed by atoms with Crippen molar-refractivity contribution in [3.8, 4) is 0 Å². The van der Waals surface area contributed by atoms with Crippen LogP contribution in [0.1, 0.15) is 18.4 Å². The van der Waals surface area contributed by atoms with Gasteiger partial charge in [0.15, 0.2) is 5.13 Å². The van der Waals surface area contributed by atoms with Gasteiger partial charge in [-0.15, -0.1) is 11.3 Å². The number of aromatic nitrogens is 2. The van der Waals surface area contributed by atoms with Gasteiger partial charge in [-0.2, -0.15) is 4.31 Å². The number of amides is 1. The standard InChI is InChI=1S/C22H19ClN4O3S3/c23-16-5-6-17-19(13-16)32-22(25-17)26(14-15-7-9-24-10-8-15)21(28)18-3-1-11-27(18)33(29,30)20-4-2-12-31-20/h2,4-10,12-13,18H,1,3,11,14H2. The fraction of sp³-hybridized carbons (Fsp3) is 0.227. The number of halogens is 1. The Balaban J connectivity index is 1.53. The molecule has 3 aromatic heterocycles. The molecule has 1 atom stereocenters. The zero-order chi connectivity index (χ0) is 23.0. The van der Waals surface area contributed by atoms with Crippen LogP contribution in [-0.2, 0) is 21.4 Å². The maximum atomic E-state index is 13.9. The van der Waals surface area contributed by atoms with E-state index in [0.717, 1.165) is 27.1 Å². The van der Waals surface area contributed by atoms with Gasteiger partial charge in [0, 0.05) is 24.0 Å². The van der Waals surface area contributed by atoms with Gasteiger partial charge in [-0.1, -0.05) is 29.0 Å². The number of carbonyl (C=O) groups is 1. The van der Waals surface area contributed by atoms with Crippen molar-refractivity contribution in [2.45, 2.75) is 29.6 Å². The number of hydrogen-bond donors (Lipinski definition) is 0. The van der Waals surface area contributed by atoms with Gasteiger partial charge >= 0.3 is 0 Å². The number of rotatable bonds is 6. The first kappa shape index (κ1) is 22.4. The second-order valence-corrected chi connectivity index (χ2v) is 12.1. The number of anilines is 1. The van der Waals surface area contributed by atoms with E-state index in [0.29, 0.717) is 29.5 Å². The summed E-state index contributed by atoms with van der Waals surface area (Å²) in [6.45, 7) is 0.577. The number of pyridine rings is 1. The Morgan fingerprint density at radius 2 is 2.03 bits per heavy atom. The first-order valence-corrected chi connectivity index (χ1v) is 13.8. The van der Waals surface area contributed by atoms with Gasteiger partial charge < -0.3 is 0 Å². The fourth-order valence-corrected chi connectivity index (χ4v) is 7.91. The van der Waals surface area contributed by atoms with E-state index in [2.05, 4.69) is 9.97 Å². The topological polar surface area (TPSA) is 83.5 Å². The molecule has 11 heteroatoms. The summed E-state index contributed by atoms with van der Waals surface area (Å²) in [5, 5.41) is 2.82. The minimum absolute atomic E-state index is 0.248.